The molecular formula is C16H22N4O3S. The lowest BCUT2D eigenvalue weighted by atomic mass is 10.2. The number of nitrogens with one attached hydrogen (secondary N) is 1. The first-order valence-corrected chi connectivity index (χ1v) is 9.06. The lowest BCUT2D eigenvalue weighted by Gasteiger charge is -2.37. The van der Waals surface area contributed by atoms with Crippen LogP contribution in [0, 0.1) is 5.92 Å². The highest BCUT2D eigenvalue weighted by Crippen LogP contribution is 2.31. The maximum Gasteiger partial charge on any atom is 0.251 e. The van der Waals surface area contributed by atoms with E-state index in [1.165, 1.54) is 11.3 Å². The molecule has 1 unspecified atom stereocenters. The van der Waals surface area contributed by atoms with Gasteiger partial charge in [-0.2, -0.15) is 0 Å². The van der Waals surface area contributed by atoms with Gasteiger partial charge in [0, 0.05) is 32.1 Å². The molecule has 3 amide bonds. The molecule has 0 bridgehead atoms. The fourth-order valence-electron chi connectivity index (χ4n) is 2.90. The molecule has 1 atom stereocenters. The first-order valence-electron chi connectivity index (χ1n) is 8.18. The molecule has 2 aliphatic rings. The molecule has 130 valence electrons. The topological polar surface area (TPSA) is 95.7 Å². The number of carbonyl (C=O) groups excluding carboxylic acids is 3. The first-order chi connectivity index (χ1) is 11.5. The number of nitrogens with two attached hydrogens (primary N) is 1. The highest BCUT2D eigenvalue weighted by Gasteiger charge is 2.35. The highest BCUT2D eigenvalue weighted by molar-refractivity contribution is 7.14. The van der Waals surface area contributed by atoms with Crippen LogP contribution in [0.3, 0.4) is 0 Å². The van der Waals surface area contributed by atoms with Gasteiger partial charge in [0.1, 0.15) is 5.00 Å². The monoisotopic (exact) mass is 350 g/mol. The third kappa shape index (κ3) is 3.59. The van der Waals surface area contributed by atoms with Crippen molar-refractivity contribution in [2.75, 3.05) is 31.5 Å². The largest absolute Gasteiger partial charge is 0.366 e. The number of primary amides is 1. The van der Waals surface area contributed by atoms with Crippen molar-refractivity contribution >= 4 is 34.1 Å². The summed E-state index contributed by atoms with van der Waals surface area (Å²) in [4.78, 5) is 39.8. The van der Waals surface area contributed by atoms with E-state index in [1.54, 1.807) is 11.4 Å². The minimum absolute atomic E-state index is 0.165. The van der Waals surface area contributed by atoms with Crippen LogP contribution >= 0.6 is 11.3 Å². The number of hydrogen-bond donors (Lipinski definition) is 2. The smallest absolute Gasteiger partial charge is 0.251 e. The normalized spacial score (nSPS) is 19.8. The molecule has 1 saturated heterocycles. The summed E-state index contributed by atoms with van der Waals surface area (Å²) < 4.78 is 0. The summed E-state index contributed by atoms with van der Waals surface area (Å²) in [5.74, 6) is -0.215. The van der Waals surface area contributed by atoms with Crippen LogP contribution in [0.5, 0.6) is 0 Å². The molecule has 0 spiro atoms. The van der Waals surface area contributed by atoms with Gasteiger partial charge in [-0.05, 0) is 31.2 Å². The van der Waals surface area contributed by atoms with E-state index >= 15 is 0 Å². The van der Waals surface area contributed by atoms with E-state index in [9.17, 15) is 14.4 Å². The Hall–Kier alpha value is -1.93. The molecule has 0 radical (unpaired) electrons. The van der Waals surface area contributed by atoms with Crippen molar-refractivity contribution in [1.29, 1.82) is 0 Å². The molecular weight excluding hydrogens is 328 g/mol. The molecule has 1 aromatic rings. The van der Waals surface area contributed by atoms with Crippen molar-refractivity contribution in [1.82, 2.24) is 9.80 Å². The van der Waals surface area contributed by atoms with Crippen molar-refractivity contribution in [2.45, 2.75) is 25.8 Å². The molecule has 1 aromatic heterocycles. The average Bonchev–Trinajstić information content (AvgIpc) is 3.32. The molecule has 2 fully saturated rings. The van der Waals surface area contributed by atoms with Crippen LogP contribution in [0.2, 0.25) is 0 Å². The Balaban J connectivity index is 1.53. The number of rotatable bonds is 5. The van der Waals surface area contributed by atoms with Gasteiger partial charge >= 0.3 is 0 Å². The lowest BCUT2D eigenvalue weighted by Crippen LogP contribution is -2.54. The van der Waals surface area contributed by atoms with E-state index in [4.69, 9.17) is 5.73 Å². The second kappa shape index (κ2) is 6.90. The van der Waals surface area contributed by atoms with Gasteiger partial charge in [-0.25, -0.2) is 0 Å². The number of nitrogens with zero attached hydrogens (tertiary/aromatic N) is 2. The SMILES string of the molecule is CC(C(=O)Nc1sccc1C(N)=O)N1CCN(C(=O)C2CC2)CC1. The molecule has 2 heterocycles. The highest BCUT2D eigenvalue weighted by atomic mass is 32.1. The fourth-order valence-corrected chi connectivity index (χ4v) is 3.70. The second-order valence-electron chi connectivity index (χ2n) is 6.33. The van der Waals surface area contributed by atoms with Crippen LogP contribution in [0.4, 0.5) is 5.00 Å². The van der Waals surface area contributed by atoms with Crippen molar-refractivity contribution in [3.05, 3.63) is 17.0 Å². The third-order valence-corrected chi connectivity index (χ3v) is 5.48. The van der Waals surface area contributed by atoms with Gasteiger partial charge in [-0.3, -0.25) is 19.3 Å². The fraction of sp³-hybridized carbons (Fsp3) is 0.562. The zero-order valence-electron chi connectivity index (χ0n) is 13.7. The van der Waals surface area contributed by atoms with Crippen molar-refractivity contribution in [3.8, 4) is 0 Å². The van der Waals surface area contributed by atoms with Gasteiger partial charge in [-0.15, -0.1) is 11.3 Å². The molecule has 3 rings (SSSR count). The van der Waals surface area contributed by atoms with E-state index in [0.29, 0.717) is 36.7 Å². The van der Waals surface area contributed by atoms with Gasteiger partial charge in [0.15, 0.2) is 0 Å². The van der Waals surface area contributed by atoms with Gasteiger partial charge in [0.2, 0.25) is 11.8 Å². The number of carbonyl (C=O) groups is 3. The summed E-state index contributed by atoms with van der Waals surface area (Å²) in [5.41, 5.74) is 5.63. The van der Waals surface area contributed by atoms with Crippen LogP contribution in [-0.4, -0.2) is 59.7 Å². The molecule has 1 saturated carbocycles. The lowest BCUT2D eigenvalue weighted by molar-refractivity contribution is -0.135. The number of thiophene rings is 1. The van der Waals surface area contributed by atoms with E-state index in [2.05, 4.69) is 10.2 Å². The molecule has 0 aromatic carbocycles. The quantitative estimate of drug-likeness (QED) is 0.818. The molecule has 1 aliphatic carbocycles. The number of piperazine rings is 1. The summed E-state index contributed by atoms with van der Waals surface area (Å²) in [5, 5.41) is 5.00. The van der Waals surface area contributed by atoms with E-state index in [1.807, 2.05) is 11.8 Å². The van der Waals surface area contributed by atoms with E-state index < -0.39 is 5.91 Å². The summed E-state index contributed by atoms with van der Waals surface area (Å²) >= 11 is 1.28. The number of hydrogen-bond acceptors (Lipinski definition) is 5. The van der Waals surface area contributed by atoms with Crippen LogP contribution in [-0.2, 0) is 9.59 Å². The molecule has 3 N–H and O–H groups in total. The Morgan fingerprint density at radius 1 is 1.25 bits per heavy atom. The Morgan fingerprint density at radius 3 is 2.50 bits per heavy atom. The third-order valence-electron chi connectivity index (χ3n) is 4.65. The van der Waals surface area contributed by atoms with Gasteiger partial charge in [0.05, 0.1) is 11.6 Å². The van der Waals surface area contributed by atoms with Gasteiger partial charge < -0.3 is 16.0 Å². The molecule has 1 aliphatic heterocycles. The molecule has 8 heteroatoms. The Morgan fingerprint density at radius 2 is 1.92 bits per heavy atom. The van der Waals surface area contributed by atoms with E-state index in [-0.39, 0.29) is 23.8 Å². The Kier molecular flexibility index (Phi) is 4.86. The second-order valence-corrected chi connectivity index (χ2v) is 7.24. The van der Waals surface area contributed by atoms with E-state index in [0.717, 1.165) is 12.8 Å². The minimum Gasteiger partial charge on any atom is -0.366 e. The maximum absolute atomic E-state index is 12.4. The Labute approximate surface area is 144 Å². The summed E-state index contributed by atoms with van der Waals surface area (Å²) in [6.45, 7) is 4.53. The van der Waals surface area contributed by atoms with Crippen molar-refractivity contribution in [2.24, 2.45) is 11.7 Å². The Bertz CT molecular complexity index is 648. The van der Waals surface area contributed by atoms with Gasteiger partial charge in [-0.1, -0.05) is 0 Å². The van der Waals surface area contributed by atoms with Gasteiger partial charge in [0.25, 0.3) is 5.91 Å². The number of amides is 3. The average molecular weight is 350 g/mol. The van der Waals surface area contributed by atoms with Crippen LogP contribution in [0.1, 0.15) is 30.1 Å². The molecule has 7 nitrogen and oxygen atoms in total. The first kappa shape index (κ1) is 16.9. The van der Waals surface area contributed by atoms with Crippen LogP contribution in [0.25, 0.3) is 0 Å². The zero-order chi connectivity index (χ0) is 17.3. The van der Waals surface area contributed by atoms with Crippen LogP contribution in [0.15, 0.2) is 11.4 Å². The minimum atomic E-state index is -0.550. The van der Waals surface area contributed by atoms with Crippen LogP contribution < -0.4 is 11.1 Å². The van der Waals surface area contributed by atoms with Crippen molar-refractivity contribution < 1.29 is 14.4 Å². The predicted octanol–water partition coefficient (Wildman–Crippen LogP) is 0.728. The predicted molar refractivity (Wildman–Crippen MR) is 91.8 cm³/mol. The molecule has 24 heavy (non-hydrogen) atoms. The standard InChI is InChI=1S/C16H22N4O3S/c1-10(14(22)18-15-12(13(17)21)4-9-24-15)19-5-7-20(8-6-19)16(23)11-2-3-11/h4,9-11H,2-3,5-8H2,1H3,(H2,17,21)(H,18,22). The summed E-state index contributed by atoms with van der Waals surface area (Å²) in [7, 11) is 0. The number of anilines is 1. The summed E-state index contributed by atoms with van der Waals surface area (Å²) in [6, 6.07) is 1.28. The van der Waals surface area contributed by atoms with Crippen molar-refractivity contribution in [3.63, 3.8) is 0 Å². The summed E-state index contributed by atoms with van der Waals surface area (Å²) in [6.07, 6.45) is 2.03. The zero-order valence-corrected chi connectivity index (χ0v) is 14.5. The maximum atomic E-state index is 12.4.